The number of aromatic nitrogens is 2. The lowest BCUT2D eigenvalue weighted by molar-refractivity contribution is -0.132. The van der Waals surface area contributed by atoms with Gasteiger partial charge in [0.2, 0.25) is 17.7 Å². The lowest BCUT2D eigenvalue weighted by Crippen LogP contribution is -2.52. The maximum Gasteiger partial charge on any atom is 0.249 e. The molecule has 1 saturated carbocycles. The minimum absolute atomic E-state index is 0.0574. The second kappa shape index (κ2) is 15.4. The predicted molar refractivity (Wildman–Crippen MR) is 185 cm³/mol. The second-order valence-electron chi connectivity index (χ2n) is 13.8. The molecule has 1 unspecified atom stereocenters. The third kappa shape index (κ3) is 8.36. The Morgan fingerprint density at radius 2 is 1.80 bits per heavy atom. The van der Waals surface area contributed by atoms with Crippen molar-refractivity contribution in [3.8, 4) is 0 Å². The molecule has 3 aromatic rings. The molecule has 264 valence electrons. The Bertz CT molecular complexity index is 1660. The predicted octanol–water partition coefficient (Wildman–Crippen LogP) is 5.94. The van der Waals surface area contributed by atoms with Crippen molar-refractivity contribution < 1.29 is 27.9 Å². The van der Waals surface area contributed by atoms with Crippen LogP contribution >= 0.6 is 11.3 Å². The molecule has 0 bridgehead atoms. The smallest absolute Gasteiger partial charge is 0.249 e. The number of amides is 2. The zero-order valence-electron chi connectivity index (χ0n) is 28.7. The first-order chi connectivity index (χ1) is 23.4. The lowest BCUT2D eigenvalue weighted by atomic mass is 9.63. The molecule has 2 aliphatic carbocycles. The van der Waals surface area contributed by atoms with Gasteiger partial charge < -0.3 is 25.5 Å². The number of benzene rings is 1. The zero-order valence-corrected chi connectivity index (χ0v) is 29.5. The second-order valence-corrected chi connectivity index (χ2v) is 14.9. The number of primary amides is 1. The molecule has 2 heterocycles. The van der Waals surface area contributed by atoms with Crippen LogP contribution in [0.4, 0.5) is 8.78 Å². The number of carbonyl (C=O) groups excluding carboxylic acids is 2. The van der Waals surface area contributed by atoms with Crippen LogP contribution in [0.3, 0.4) is 0 Å². The quantitative estimate of drug-likeness (QED) is 0.159. The van der Waals surface area contributed by atoms with Crippen LogP contribution in [0.15, 0.2) is 59.0 Å². The number of carbonyl (C=O) groups is 2. The van der Waals surface area contributed by atoms with Crippen molar-refractivity contribution in [1.82, 2.24) is 20.2 Å². The number of allylic oxidation sites excluding steroid dienone is 2. The van der Waals surface area contributed by atoms with Crippen molar-refractivity contribution in [3.63, 3.8) is 0 Å². The summed E-state index contributed by atoms with van der Waals surface area (Å²) < 4.78 is 34.6. The van der Waals surface area contributed by atoms with Crippen molar-refractivity contribution in [2.75, 3.05) is 19.6 Å². The van der Waals surface area contributed by atoms with Crippen LogP contribution < -0.4 is 11.1 Å². The maximum absolute atomic E-state index is 14.5. The number of aliphatic hydroxyl groups is 1. The molecule has 1 aromatic carbocycles. The van der Waals surface area contributed by atoms with E-state index >= 15 is 0 Å². The third-order valence-electron chi connectivity index (χ3n) is 9.42. The van der Waals surface area contributed by atoms with Crippen molar-refractivity contribution >= 4 is 28.7 Å². The van der Waals surface area contributed by atoms with Crippen LogP contribution in [0.25, 0.3) is 5.57 Å². The molecule has 2 amide bonds. The van der Waals surface area contributed by atoms with Crippen LogP contribution in [0.2, 0.25) is 0 Å². The Morgan fingerprint density at radius 3 is 2.37 bits per heavy atom. The van der Waals surface area contributed by atoms with Gasteiger partial charge in [-0.2, -0.15) is 0 Å². The van der Waals surface area contributed by atoms with Gasteiger partial charge in [-0.05, 0) is 68.2 Å². The normalized spacial score (nSPS) is 19.7. The Hall–Kier alpha value is -3.74. The minimum atomic E-state index is -1.65. The maximum atomic E-state index is 14.5. The zero-order chi connectivity index (χ0) is 35.3. The molecule has 0 radical (unpaired) electrons. The summed E-state index contributed by atoms with van der Waals surface area (Å²) in [6.45, 7) is 9.35. The van der Waals surface area contributed by atoms with E-state index in [1.165, 1.54) is 24.6 Å². The van der Waals surface area contributed by atoms with E-state index in [1.807, 2.05) is 20.0 Å². The minimum Gasteiger partial charge on any atom is -0.445 e. The summed E-state index contributed by atoms with van der Waals surface area (Å²) >= 11 is 1.65. The van der Waals surface area contributed by atoms with Crippen LogP contribution in [0, 0.1) is 28.9 Å². The number of halogens is 2. The summed E-state index contributed by atoms with van der Waals surface area (Å²) in [5.74, 6) is -2.95. The molecule has 5 rings (SSSR count). The van der Waals surface area contributed by atoms with Crippen LogP contribution in [-0.2, 0) is 28.0 Å². The van der Waals surface area contributed by atoms with Gasteiger partial charge in [0.25, 0.3) is 0 Å². The fourth-order valence-corrected chi connectivity index (χ4v) is 8.24. The first-order valence-electron chi connectivity index (χ1n) is 17.2. The number of oxazole rings is 1. The number of thiazole rings is 1. The van der Waals surface area contributed by atoms with E-state index in [2.05, 4.69) is 29.1 Å². The van der Waals surface area contributed by atoms with E-state index in [9.17, 15) is 23.5 Å². The molecule has 2 aliphatic rings. The van der Waals surface area contributed by atoms with Crippen LogP contribution in [-0.4, -0.2) is 57.5 Å². The van der Waals surface area contributed by atoms with E-state index in [-0.39, 0.29) is 42.3 Å². The first-order valence-corrected chi connectivity index (χ1v) is 18.0. The Kier molecular flexibility index (Phi) is 11.5. The molecule has 1 fully saturated rings. The number of nitrogens with one attached hydrogen (secondary N) is 1. The number of nitrogens with two attached hydrogens (primary N) is 1. The number of rotatable bonds is 17. The lowest BCUT2D eigenvalue weighted by Gasteiger charge is -2.42. The van der Waals surface area contributed by atoms with Crippen molar-refractivity contribution in [2.45, 2.75) is 84.3 Å². The SMILES string of the molecule is CCCN(CCC)C(=O)C1=CC(c2ncco2)=CC(C(N)=O)([C@H](Cc2cc(F)cc(F)c2)[C@@H](O)CNC2(c3cnc(CC(C)C)s3)CC2)C1. The van der Waals surface area contributed by atoms with Gasteiger partial charge in [0.05, 0.1) is 28.3 Å². The van der Waals surface area contributed by atoms with Crippen molar-refractivity contribution in [3.05, 3.63) is 87.6 Å². The summed E-state index contributed by atoms with van der Waals surface area (Å²) in [4.78, 5) is 39.7. The van der Waals surface area contributed by atoms with Crippen molar-refractivity contribution in [2.24, 2.45) is 23.0 Å². The first kappa shape index (κ1) is 36.5. The van der Waals surface area contributed by atoms with Gasteiger partial charge in [-0.1, -0.05) is 33.8 Å². The highest BCUT2D eigenvalue weighted by Crippen LogP contribution is 2.49. The van der Waals surface area contributed by atoms with Gasteiger partial charge in [0.15, 0.2) is 0 Å². The molecule has 0 spiro atoms. The number of aliphatic hydroxyl groups excluding tert-OH is 1. The standard InChI is InChI=1S/C37H47F2N5O4S/c1-5-10-44(11-6-2)34(46)26-17-25(33-41-9-12-48-33)19-36(20-26,35(40)47)29(16-24-14-27(38)18-28(39)15-24)30(45)21-43-37(7-8-37)31-22-42-32(49-31)13-23(3)4/h9,12,14-15,17-19,22-23,29-30,43,45H,5-8,10-11,13,16,20-21H2,1-4H3,(H2,40,47)/t29-,30+,36?/m1/s1. The van der Waals surface area contributed by atoms with Gasteiger partial charge in [0, 0.05) is 60.3 Å². The van der Waals surface area contributed by atoms with E-state index in [4.69, 9.17) is 10.2 Å². The third-order valence-corrected chi connectivity index (χ3v) is 10.6. The summed E-state index contributed by atoms with van der Waals surface area (Å²) in [6, 6.07) is 3.15. The summed E-state index contributed by atoms with van der Waals surface area (Å²) in [6.07, 6.45) is 10.6. The fourth-order valence-electron chi connectivity index (χ4n) is 6.88. The van der Waals surface area contributed by atoms with E-state index in [0.29, 0.717) is 30.2 Å². The highest BCUT2D eigenvalue weighted by atomic mass is 32.1. The topological polar surface area (TPSA) is 135 Å². The van der Waals surface area contributed by atoms with Crippen molar-refractivity contribution in [1.29, 1.82) is 0 Å². The fraction of sp³-hybridized carbons (Fsp3) is 0.514. The van der Waals surface area contributed by atoms with E-state index in [0.717, 1.165) is 48.1 Å². The summed E-state index contributed by atoms with van der Waals surface area (Å²) in [7, 11) is 0. The van der Waals surface area contributed by atoms with Gasteiger partial charge in [-0.3, -0.25) is 9.59 Å². The molecule has 12 heteroatoms. The average molecular weight is 696 g/mol. The number of hydrogen-bond donors (Lipinski definition) is 3. The Morgan fingerprint density at radius 1 is 1.10 bits per heavy atom. The number of nitrogens with zero attached hydrogens (tertiary/aromatic N) is 3. The average Bonchev–Trinajstić information content (AvgIpc) is 3.39. The molecule has 9 nitrogen and oxygen atoms in total. The van der Waals surface area contributed by atoms with Gasteiger partial charge >= 0.3 is 0 Å². The molecule has 49 heavy (non-hydrogen) atoms. The van der Waals surface area contributed by atoms with Crippen LogP contribution in [0.1, 0.15) is 81.1 Å². The monoisotopic (exact) mass is 695 g/mol. The Balaban J connectivity index is 1.55. The largest absolute Gasteiger partial charge is 0.445 e. The number of hydrogen-bond acceptors (Lipinski definition) is 8. The summed E-state index contributed by atoms with van der Waals surface area (Å²) in [5, 5.41) is 16.7. The molecular formula is C37H47F2N5O4S. The van der Waals surface area contributed by atoms with Crippen LogP contribution in [0.5, 0.6) is 0 Å². The molecule has 0 aliphatic heterocycles. The highest BCUT2D eigenvalue weighted by molar-refractivity contribution is 7.11. The molecule has 0 saturated heterocycles. The van der Waals surface area contributed by atoms with E-state index < -0.39 is 35.0 Å². The Labute approximate surface area is 290 Å². The van der Waals surface area contributed by atoms with Gasteiger partial charge in [-0.15, -0.1) is 11.3 Å². The molecule has 3 atom stereocenters. The summed E-state index contributed by atoms with van der Waals surface area (Å²) in [5.41, 5.74) is 5.19. The molecule has 4 N–H and O–H groups in total. The van der Waals surface area contributed by atoms with Gasteiger partial charge in [-0.25, -0.2) is 18.7 Å². The highest BCUT2D eigenvalue weighted by Gasteiger charge is 2.51. The van der Waals surface area contributed by atoms with E-state index in [1.54, 1.807) is 28.4 Å². The van der Waals surface area contributed by atoms with Gasteiger partial charge in [0.1, 0.15) is 17.9 Å². The molecular weight excluding hydrogens is 649 g/mol. The molecule has 2 aromatic heterocycles.